The number of amides is 3. The van der Waals surface area contributed by atoms with E-state index >= 15 is 0 Å². The zero-order valence-electron chi connectivity index (χ0n) is 24.7. The molecule has 1 aromatic heterocycles. The van der Waals surface area contributed by atoms with Crippen molar-refractivity contribution in [1.82, 2.24) is 20.9 Å². The largest absolute Gasteiger partial charge is 0.480 e. The molecule has 0 aliphatic heterocycles. The van der Waals surface area contributed by atoms with Crippen molar-refractivity contribution in [3.63, 3.8) is 0 Å². The minimum Gasteiger partial charge on any atom is -0.480 e. The highest BCUT2D eigenvalue weighted by Gasteiger charge is 2.33. The first-order chi connectivity index (χ1) is 20.0. The number of carboxylic acids is 1. The van der Waals surface area contributed by atoms with Gasteiger partial charge in [0.05, 0.1) is 6.04 Å². The quantitative estimate of drug-likeness (QED) is 0.162. The summed E-state index contributed by atoms with van der Waals surface area (Å²) < 4.78 is 0. The molecule has 1 heterocycles. The lowest BCUT2D eigenvalue weighted by molar-refractivity contribution is -0.143. The van der Waals surface area contributed by atoms with Crippen molar-refractivity contribution in [3.8, 4) is 0 Å². The molecule has 0 aliphatic carbocycles. The molecular weight excluding hydrogens is 534 g/mol. The lowest BCUT2D eigenvalue weighted by Crippen LogP contribution is -2.59. The van der Waals surface area contributed by atoms with Crippen LogP contribution in [0.15, 0.2) is 60.8 Å². The van der Waals surface area contributed by atoms with Crippen LogP contribution in [-0.4, -0.2) is 57.9 Å². The summed E-state index contributed by atoms with van der Waals surface area (Å²) in [5, 5.41) is 18.9. The van der Waals surface area contributed by atoms with Gasteiger partial charge in [-0.1, -0.05) is 89.1 Å². The summed E-state index contributed by atoms with van der Waals surface area (Å²) >= 11 is 0. The third kappa shape index (κ3) is 8.42. The van der Waals surface area contributed by atoms with Crippen molar-refractivity contribution in [2.75, 3.05) is 0 Å². The predicted octanol–water partition coefficient (Wildman–Crippen LogP) is 2.91. The second-order valence-electron chi connectivity index (χ2n) is 11.0. The highest BCUT2D eigenvalue weighted by molar-refractivity contribution is 5.95. The van der Waals surface area contributed by atoms with E-state index in [9.17, 15) is 24.3 Å². The Morgan fingerprint density at radius 1 is 0.786 bits per heavy atom. The molecule has 3 amide bonds. The van der Waals surface area contributed by atoms with Gasteiger partial charge in [0.15, 0.2) is 0 Å². The SMILES string of the molecule is CCC(C)C(N)C(=O)NC(Cc1ccccc1)C(=O)NC(Cc1c[nH]c2ccccc12)C(=O)NC(C(=O)O)C(C)CC. The summed E-state index contributed by atoms with van der Waals surface area (Å²) in [6.45, 7) is 7.40. The fourth-order valence-electron chi connectivity index (χ4n) is 4.78. The van der Waals surface area contributed by atoms with E-state index in [0.29, 0.717) is 12.8 Å². The maximum Gasteiger partial charge on any atom is 0.326 e. The van der Waals surface area contributed by atoms with E-state index in [0.717, 1.165) is 22.0 Å². The van der Waals surface area contributed by atoms with Gasteiger partial charge in [0.2, 0.25) is 17.7 Å². The molecule has 6 unspecified atom stereocenters. The third-order valence-corrected chi connectivity index (χ3v) is 7.98. The molecule has 10 heteroatoms. The van der Waals surface area contributed by atoms with Crippen LogP contribution in [-0.2, 0) is 32.0 Å². The Hall–Kier alpha value is -4.18. The van der Waals surface area contributed by atoms with E-state index in [2.05, 4.69) is 20.9 Å². The van der Waals surface area contributed by atoms with Crippen LogP contribution in [0.4, 0.5) is 0 Å². The Morgan fingerprint density at radius 2 is 1.36 bits per heavy atom. The molecule has 10 nitrogen and oxygen atoms in total. The number of nitrogens with two attached hydrogens (primary N) is 1. The summed E-state index contributed by atoms with van der Waals surface area (Å²) in [6, 6.07) is 12.7. The Balaban J connectivity index is 1.92. The lowest BCUT2D eigenvalue weighted by atomic mass is 9.97. The van der Waals surface area contributed by atoms with E-state index in [-0.39, 0.29) is 24.7 Å². The summed E-state index contributed by atoms with van der Waals surface area (Å²) in [5.41, 5.74) is 8.63. The Kier molecular flexibility index (Phi) is 11.7. The van der Waals surface area contributed by atoms with Gasteiger partial charge >= 0.3 is 5.97 Å². The molecule has 0 radical (unpaired) electrons. The number of aliphatic carboxylic acids is 1. The second kappa shape index (κ2) is 15.2. The number of hydrogen-bond donors (Lipinski definition) is 6. The number of H-pyrrole nitrogens is 1. The molecule has 0 aliphatic rings. The van der Waals surface area contributed by atoms with Gasteiger partial charge in [0.1, 0.15) is 18.1 Å². The monoisotopic (exact) mass is 577 g/mol. The zero-order chi connectivity index (χ0) is 30.8. The summed E-state index contributed by atoms with van der Waals surface area (Å²) in [4.78, 5) is 55.6. The van der Waals surface area contributed by atoms with E-state index in [1.165, 1.54) is 0 Å². The number of para-hydroxylation sites is 1. The number of carbonyl (C=O) groups is 4. The molecular formula is C32H43N5O5. The van der Waals surface area contributed by atoms with Gasteiger partial charge in [0.25, 0.3) is 0 Å². The van der Waals surface area contributed by atoms with Gasteiger partial charge in [0, 0.05) is 29.9 Å². The van der Waals surface area contributed by atoms with Crippen LogP contribution < -0.4 is 21.7 Å². The number of aromatic nitrogens is 1. The number of fused-ring (bicyclic) bond motifs is 1. The minimum absolute atomic E-state index is 0.0978. The minimum atomic E-state index is -1.15. The summed E-state index contributed by atoms with van der Waals surface area (Å²) in [7, 11) is 0. The van der Waals surface area contributed by atoms with Crippen molar-refractivity contribution in [3.05, 3.63) is 71.9 Å². The maximum atomic E-state index is 13.8. The molecule has 2 aromatic carbocycles. The van der Waals surface area contributed by atoms with E-state index < -0.39 is 47.9 Å². The second-order valence-corrected chi connectivity index (χ2v) is 11.0. The summed E-state index contributed by atoms with van der Waals surface area (Å²) in [6.07, 6.45) is 3.29. The van der Waals surface area contributed by atoms with E-state index in [4.69, 9.17) is 5.73 Å². The van der Waals surface area contributed by atoms with Gasteiger partial charge in [-0.3, -0.25) is 14.4 Å². The molecule has 226 valence electrons. The number of nitrogens with one attached hydrogen (secondary N) is 4. The molecule has 7 N–H and O–H groups in total. The lowest BCUT2D eigenvalue weighted by Gasteiger charge is -2.27. The molecule has 42 heavy (non-hydrogen) atoms. The Bertz CT molecular complexity index is 1360. The fourth-order valence-corrected chi connectivity index (χ4v) is 4.78. The molecule has 0 spiro atoms. The van der Waals surface area contributed by atoms with Crippen LogP contribution in [0.3, 0.4) is 0 Å². The predicted molar refractivity (Wildman–Crippen MR) is 162 cm³/mol. The Labute approximate surface area is 246 Å². The number of aromatic amines is 1. The van der Waals surface area contributed by atoms with Crippen LogP contribution in [0.2, 0.25) is 0 Å². The molecule has 6 atom stereocenters. The van der Waals surface area contributed by atoms with Gasteiger partial charge < -0.3 is 31.8 Å². The van der Waals surface area contributed by atoms with Crippen molar-refractivity contribution < 1.29 is 24.3 Å². The Morgan fingerprint density at radius 3 is 2.00 bits per heavy atom. The first kappa shape index (κ1) is 32.3. The number of carbonyl (C=O) groups excluding carboxylic acids is 3. The first-order valence-electron chi connectivity index (χ1n) is 14.5. The smallest absolute Gasteiger partial charge is 0.326 e. The first-order valence-corrected chi connectivity index (χ1v) is 14.5. The van der Waals surface area contributed by atoms with Crippen molar-refractivity contribution in [1.29, 1.82) is 0 Å². The van der Waals surface area contributed by atoms with Gasteiger partial charge in [-0.25, -0.2) is 4.79 Å². The van der Waals surface area contributed by atoms with Crippen molar-refractivity contribution >= 4 is 34.6 Å². The zero-order valence-corrected chi connectivity index (χ0v) is 24.7. The van der Waals surface area contributed by atoms with Gasteiger partial charge in [-0.15, -0.1) is 0 Å². The van der Waals surface area contributed by atoms with E-state index in [1.54, 1.807) is 13.1 Å². The average Bonchev–Trinajstić information content (AvgIpc) is 3.40. The van der Waals surface area contributed by atoms with Crippen LogP contribution in [0.5, 0.6) is 0 Å². The highest BCUT2D eigenvalue weighted by atomic mass is 16.4. The molecule has 0 bridgehead atoms. The van der Waals surface area contributed by atoms with Crippen molar-refractivity contribution in [2.45, 2.75) is 77.5 Å². The van der Waals surface area contributed by atoms with Crippen LogP contribution >= 0.6 is 0 Å². The topological polar surface area (TPSA) is 166 Å². The van der Waals surface area contributed by atoms with Crippen molar-refractivity contribution in [2.24, 2.45) is 17.6 Å². The molecule has 3 rings (SSSR count). The number of benzene rings is 2. The van der Waals surface area contributed by atoms with E-state index in [1.807, 2.05) is 75.4 Å². The number of hydrogen-bond acceptors (Lipinski definition) is 5. The fraction of sp³-hybridized carbons (Fsp3) is 0.438. The van der Waals surface area contributed by atoms with Crippen LogP contribution in [0.1, 0.15) is 51.7 Å². The van der Waals surface area contributed by atoms with Crippen LogP contribution in [0.25, 0.3) is 10.9 Å². The number of rotatable bonds is 15. The molecule has 0 fully saturated rings. The molecule has 0 saturated heterocycles. The third-order valence-electron chi connectivity index (χ3n) is 7.98. The van der Waals surface area contributed by atoms with Crippen LogP contribution in [0, 0.1) is 11.8 Å². The highest BCUT2D eigenvalue weighted by Crippen LogP contribution is 2.20. The molecule has 3 aromatic rings. The maximum absolute atomic E-state index is 13.8. The standard InChI is InChI=1S/C32H43N5O5/c1-5-19(3)27(33)31(40)36-25(16-21-12-8-7-9-13-21)29(38)35-26(30(39)37-28(32(41)42)20(4)6-2)17-22-18-34-24-15-11-10-14-23(22)24/h7-15,18-20,25-28,34H,5-6,16-17,33H2,1-4H3,(H,35,38)(H,36,40)(H,37,39)(H,41,42). The summed E-state index contributed by atoms with van der Waals surface area (Å²) in [5.74, 6) is -3.23. The molecule has 0 saturated carbocycles. The number of carboxylic acid groups (broad SMARTS) is 1. The normalized spacial score (nSPS) is 15.5. The van der Waals surface area contributed by atoms with Gasteiger partial charge in [-0.05, 0) is 29.0 Å². The average molecular weight is 578 g/mol. The van der Waals surface area contributed by atoms with Gasteiger partial charge in [-0.2, -0.15) is 0 Å².